The fraction of sp³-hybridized carbons (Fsp3) is 0.143. The number of hydrogen-bond donors (Lipinski definition) is 0. The van der Waals surface area contributed by atoms with E-state index in [1.54, 1.807) is 6.92 Å². The molecule has 0 radical (unpaired) electrons. The van der Waals surface area contributed by atoms with Crippen molar-refractivity contribution in [2.45, 2.75) is 24.9 Å². The van der Waals surface area contributed by atoms with Gasteiger partial charge in [-0.3, -0.25) is 0 Å². The van der Waals surface area contributed by atoms with Crippen LogP contribution < -0.4 is 0 Å². The Kier molecular flexibility index (Phi) is 5.49. The Bertz CT molecular complexity index is 932. The molecular formula is C21H20FNO2S. The van der Waals surface area contributed by atoms with Gasteiger partial charge in [-0.15, -0.1) is 0 Å². The summed E-state index contributed by atoms with van der Waals surface area (Å²) in [6.07, 6.45) is 0. The molecule has 0 fully saturated rings. The molecular weight excluding hydrogens is 349 g/mol. The van der Waals surface area contributed by atoms with Crippen LogP contribution in [0.15, 0.2) is 83.8 Å². The van der Waals surface area contributed by atoms with E-state index in [9.17, 15) is 12.8 Å². The van der Waals surface area contributed by atoms with Gasteiger partial charge in [-0.25, -0.2) is 12.8 Å². The van der Waals surface area contributed by atoms with Gasteiger partial charge in [0.2, 0.25) is 10.0 Å². The fourth-order valence-corrected chi connectivity index (χ4v) is 4.46. The summed E-state index contributed by atoms with van der Waals surface area (Å²) in [5.74, 6) is -0.445. The lowest BCUT2D eigenvalue weighted by atomic mass is 10.2. The molecule has 5 heteroatoms. The first-order valence-corrected chi connectivity index (χ1v) is 9.75. The Morgan fingerprint density at radius 1 is 0.808 bits per heavy atom. The molecule has 3 aromatic carbocycles. The summed E-state index contributed by atoms with van der Waals surface area (Å²) in [6, 6.07) is 22.6. The zero-order valence-electron chi connectivity index (χ0n) is 14.5. The van der Waals surface area contributed by atoms with Crippen molar-refractivity contribution in [3.63, 3.8) is 0 Å². The van der Waals surface area contributed by atoms with E-state index in [2.05, 4.69) is 0 Å². The molecule has 26 heavy (non-hydrogen) atoms. The number of halogens is 1. The summed E-state index contributed by atoms with van der Waals surface area (Å²) in [7, 11) is -3.78. The second kappa shape index (κ2) is 7.81. The summed E-state index contributed by atoms with van der Waals surface area (Å²) >= 11 is 0. The van der Waals surface area contributed by atoms with Crippen molar-refractivity contribution in [3.8, 4) is 0 Å². The largest absolute Gasteiger partial charge is 0.243 e. The van der Waals surface area contributed by atoms with Crippen molar-refractivity contribution >= 4 is 10.0 Å². The lowest BCUT2D eigenvalue weighted by molar-refractivity contribution is 0.400. The van der Waals surface area contributed by atoms with Crippen LogP contribution in [-0.4, -0.2) is 12.7 Å². The van der Waals surface area contributed by atoms with Gasteiger partial charge in [0.1, 0.15) is 5.82 Å². The third-order valence-corrected chi connectivity index (χ3v) is 6.11. The molecule has 0 heterocycles. The van der Waals surface area contributed by atoms with Crippen LogP contribution in [0.5, 0.6) is 0 Å². The summed E-state index contributed by atoms with van der Waals surface area (Å²) in [6.45, 7) is 2.10. The molecule has 0 aliphatic carbocycles. The maximum atomic E-state index is 13.4. The molecule has 0 N–H and O–H groups in total. The van der Waals surface area contributed by atoms with Gasteiger partial charge in [-0.2, -0.15) is 4.31 Å². The van der Waals surface area contributed by atoms with Crippen LogP contribution in [0.1, 0.15) is 16.7 Å². The number of sulfonamides is 1. The SMILES string of the molecule is Cc1cc(F)ccc1S(=O)(=O)N(Cc1ccccc1)Cc1ccccc1. The van der Waals surface area contributed by atoms with Crippen LogP contribution in [-0.2, 0) is 23.1 Å². The van der Waals surface area contributed by atoms with Crippen LogP contribution in [0, 0.1) is 12.7 Å². The second-order valence-electron chi connectivity index (χ2n) is 6.15. The molecule has 0 saturated carbocycles. The molecule has 3 aromatic rings. The van der Waals surface area contributed by atoms with Gasteiger partial charge in [-0.1, -0.05) is 60.7 Å². The highest BCUT2D eigenvalue weighted by atomic mass is 32.2. The number of hydrogen-bond acceptors (Lipinski definition) is 2. The Balaban J connectivity index is 2.00. The van der Waals surface area contributed by atoms with Crippen molar-refractivity contribution in [2.75, 3.05) is 0 Å². The van der Waals surface area contributed by atoms with E-state index in [-0.39, 0.29) is 18.0 Å². The number of nitrogens with zero attached hydrogens (tertiary/aromatic N) is 1. The maximum Gasteiger partial charge on any atom is 0.243 e. The van der Waals surface area contributed by atoms with Crippen LogP contribution >= 0.6 is 0 Å². The van der Waals surface area contributed by atoms with Gasteiger partial charge in [0, 0.05) is 13.1 Å². The smallest absolute Gasteiger partial charge is 0.207 e. The highest BCUT2D eigenvalue weighted by Gasteiger charge is 2.26. The summed E-state index contributed by atoms with van der Waals surface area (Å²) in [5, 5.41) is 0. The zero-order chi connectivity index (χ0) is 18.6. The minimum atomic E-state index is -3.78. The Morgan fingerprint density at radius 2 is 1.31 bits per heavy atom. The minimum Gasteiger partial charge on any atom is -0.207 e. The predicted molar refractivity (Wildman–Crippen MR) is 100 cm³/mol. The third-order valence-electron chi connectivity index (χ3n) is 4.16. The Labute approximate surface area is 153 Å². The van der Waals surface area contributed by atoms with Gasteiger partial charge in [0.05, 0.1) is 4.90 Å². The molecule has 0 bridgehead atoms. The summed E-state index contributed by atoms with van der Waals surface area (Å²) in [5.41, 5.74) is 2.19. The van der Waals surface area contributed by atoms with E-state index >= 15 is 0 Å². The molecule has 0 aromatic heterocycles. The first-order chi connectivity index (χ1) is 12.5. The van der Waals surface area contributed by atoms with Crippen LogP contribution in [0.25, 0.3) is 0 Å². The first-order valence-electron chi connectivity index (χ1n) is 8.31. The number of aryl methyl sites for hydroxylation is 1. The van der Waals surface area contributed by atoms with Crippen molar-refractivity contribution < 1.29 is 12.8 Å². The van der Waals surface area contributed by atoms with Crippen molar-refractivity contribution in [2.24, 2.45) is 0 Å². The molecule has 0 spiro atoms. The van der Waals surface area contributed by atoms with Gasteiger partial charge in [0.15, 0.2) is 0 Å². The predicted octanol–water partition coefficient (Wildman–Crippen LogP) is 4.53. The summed E-state index contributed by atoms with van der Waals surface area (Å²) in [4.78, 5) is 0.130. The lowest BCUT2D eigenvalue weighted by Crippen LogP contribution is -2.30. The molecule has 0 unspecified atom stereocenters. The van der Waals surface area contributed by atoms with Gasteiger partial charge >= 0.3 is 0 Å². The average molecular weight is 369 g/mol. The van der Waals surface area contributed by atoms with Crippen molar-refractivity contribution in [3.05, 3.63) is 101 Å². The average Bonchev–Trinajstić information content (AvgIpc) is 2.62. The number of benzene rings is 3. The van der Waals surface area contributed by atoms with Crippen molar-refractivity contribution in [1.29, 1.82) is 0 Å². The molecule has 0 saturated heterocycles. The van der Waals surface area contributed by atoms with Gasteiger partial charge in [0.25, 0.3) is 0 Å². The molecule has 3 rings (SSSR count). The standard InChI is InChI=1S/C21H20FNO2S/c1-17-14-20(22)12-13-21(17)26(24,25)23(15-18-8-4-2-5-9-18)16-19-10-6-3-7-11-19/h2-14H,15-16H2,1H3. The molecule has 0 amide bonds. The van der Waals surface area contributed by atoms with Crippen LogP contribution in [0.4, 0.5) is 4.39 Å². The molecule has 134 valence electrons. The fourth-order valence-electron chi connectivity index (χ4n) is 2.84. The Hall–Kier alpha value is -2.50. The van der Waals surface area contributed by atoms with Gasteiger partial charge in [-0.05, 0) is 41.8 Å². The van der Waals surface area contributed by atoms with Gasteiger partial charge < -0.3 is 0 Å². The number of rotatable bonds is 6. The second-order valence-corrected chi connectivity index (χ2v) is 8.06. The normalized spacial score (nSPS) is 11.7. The van der Waals surface area contributed by atoms with E-state index in [1.165, 1.54) is 22.5 Å². The van der Waals surface area contributed by atoms with E-state index in [1.807, 2.05) is 60.7 Å². The molecule has 0 atom stereocenters. The highest BCUT2D eigenvalue weighted by molar-refractivity contribution is 7.89. The molecule has 0 aliphatic rings. The summed E-state index contributed by atoms with van der Waals surface area (Å²) < 4.78 is 41.4. The third kappa shape index (κ3) is 4.18. The van der Waals surface area contributed by atoms with Crippen molar-refractivity contribution in [1.82, 2.24) is 4.31 Å². The lowest BCUT2D eigenvalue weighted by Gasteiger charge is -2.23. The van der Waals surface area contributed by atoms with E-state index in [0.29, 0.717) is 5.56 Å². The van der Waals surface area contributed by atoms with Crippen LogP contribution in [0.2, 0.25) is 0 Å². The quantitative estimate of drug-likeness (QED) is 0.640. The highest BCUT2D eigenvalue weighted by Crippen LogP contribution is 2.24. The molecule has 3 nitrogen and oxygen atoms in total. The molecule has 0 aliphatic heterocycles. The first kappa shape index (κ1) is 18.3. The van der Waals surface area contributed by atoms with Crippen LogP contribution in [0.3, 0.4) is 0 Å². The topological polar surface area (TPSA) is 37.4 Å². The maximum absolute atomic E-state index is 13.4. The Morgan fingerprint density at radius 3 is 1.77 bits per heavy atom. The zero-order valence-corrected chi connectivity index (χ0v) is 15.3. The van der Waals surface area contributed by atoms with E-state index in [4.69, 9.17) is 0 Å². The van der Waals surface area contributed by atoms with E-state index in [0.717, 1.165) is 11.1 Å². The minimum absolute atomic E-state index is 0.130. The van der Waals surface area contributed by atoms with E-state index < -0.39 is 15.8 Å². The monoisotopic (exact) mass is 369 g/mol.